The van der Waals surface area contributed by atoms with E-state index in [9.17, 15) is 4.79 Å². The zero-order valence-electron chi connectivity index (χ0n) is 13.5. The number of benzene rings is 1. The van der Waals surface area contributed by atoms with Crippen molar-refractivity contribution in [2.75, 3.05) is 13.2 Å². The molecule has 1 aliphatic heterocycles. The third-order valence-corrected chi connectivity index (χ3v) is 4.46. The van der Waals surface area contributed by atoms with E-state index in [2.05, 4.69) is 4.98 Å². The fourth-order valence-corrected chi connectivity index (χ4v) is 3.10. The molecule has 2 heterocycles. The number of hydrogen-bond acceptors (Lipinski definition) is 5. The minimum Gasteiger partial charge on any atom is -0.486 e. The zero-order valence-corrected chi connectivity index (χ0v) is 14.3. The Balaban J connectivity index is 1.72. The van der Waals surface area contributed by atoms with Crippen LogP contribution in [-0.2, 0) is 0 Å². The highest BCUT2D eigenvalue weighted by Gasteiger charge is 2.28. The minimum absolute atomic E-state index is 0.0604. The molecule has 0 aliphatic carbocycles. The Morgan fingerprint density at radius 2 is 2.13 bits per heavy atom. The van der Waals surface area contributed by atoms with Crippen molar-refractivity contribution < 1.29 is 14.3 Å². The number of aryl methyl sites for hydroxylation is 1. The summed E-state index contributed by atoms with van der Waals surface area (Å²) in [7, 11) is 0. The number of carbonyl (C=O) groups excluding carboxylic acids is 1. The van der Waals surface area contributed by atoms with Crippen molar-refractivity contribution in [3.8, 4) is 11.5 Å². The first-order valence-corrected chi connectivity index (χ1v) is 8.54. The van der Waals surface area contributed by atoms with Gasteiger partial charge in [-0.15, -0.1) is 11.3 Å². The van der Waals surface area contributed by atoms with Gasteiger partial charge in [-0.05, 0) is 32.9 Å². The second-order valence-corrected chi connectivity index (χ2v) is 6.86. The van der Waals surface area contributed by atoms with Crippen LogP contribution < -0.4 is 9.47 Å². The Bertz CT molecular complexity index is 699. The molecule has 5 nitrogen and oxygen atoms in total. The monoisotopic (exact) mass is 332 g/mol. The summed E-state index contributed by atoms with van der Waals surface area (Å²) in [5, 5.41) is 2.70. The summed E-state index contributed by atoms with van der Waals surface area (Å²) in [6.45, 7) is 6.80. The fourth-order valence-electron chi connectivity index (χ4n) is 2.51. The maximum absolute atomic E-state index is 12.7. The standard InChI is InChI=1S/C17H20N2O3S/c1-11(2)19(17(20)14-10-23-12(3)18-14)8-13-9-21-15-6-4-5-7-16(15)22-13/h4-7,10-11,13H,8-9H2,1-3H3/t13-/m1/s1. The summed E-state index contributed by atoms with van der Waals surface area (Å²) in [4.78, 5) is 18.8. The number of amides is 1. The summed E-state index contributed by atoms with van der Waals surface area (Å²) in [6.07, 6.45) is -0.184. The Morgan fingerprint density at radius 3 is 2.78 bits per heavy atom. The van der Waals surface area contributed by atoms with E-state index in [1.165, 1.54) is 11.3 Å². The van der Waals surface area contributed by atoms with Crippen LogP contribution in [0.2, 0.25) is 0 Å². The Morgan fingerprint density at radius 1 is 1.39 bits per heavy atom. The number of fused-ring (bicyclic) bond motifs is 1. The molecule has 0 fully saturated rings. The van der Waals surface area contributed by atoms with Crippen molar-refractivity contribution in [2.45, 2.75) is 32.9 Å². The van der Waals surface area contributed by atoms with Gasteiger partial charge in [0.05, 0.1) is 11.6 Å². The summed E-state index contributed by atoms with van der Waals surface area (Å²) in [5.41, 5.74) is 0.498. The van der Waals surface area contributed by atoms with Gasteiger partial charge in [0.1, 0.15) is 12.3 Å². The van der Waals surface area contributed by atoms with Crippen molar-refractivity contribution in [1.29, 1.82) is 0 Å². The summed E-state index contributed by atoms with van der Waals surface area (Å²) < 4.78 is 11.7. The van der Waals surface area contributed by atoms with Crippen LogP contribution in [-0.4, -0.2) is 41.1 Å². The van der Waals surface area contributed by atoms with E-state index in [1.807, 2.05) is 45.0 Å². The third-order valence-electron chi connectivity index (χ3n) is 3.69. The summed E-state index contributed by atoms with van der Waals surface area (Å²) in [6, 6.07) is 7.65. The largest absolute Gasteiger partial charge is 0.486 e. The van der Waals surface area contributed by atoms with Crippen LogP contribution in [0, 0.1) is 6.92 Å². The molecule has 0 bridgehead atoms. The van der Waals surface area contributed by atoms with E-state index in [0.29, 0.717) is 18.8 Å². The van der Waals surface area contributed by atoms with Gasteiger partial charge in [-0.25, -0.2) is 4.98 Å². The van der Waals surface area contributed by atoms with Crippen LogP contribution in [0.5, 0.6) is 11.5 Å². The molecule has 2 aromatic rings. The molecule has 0 saturated carbocycles. The SMILES string of the molecule is Cc1nc(C(=O)N(C[C@@H]2COc3ccccc3O2)C(C)C)cs1. The minimum atomic E-state index is -0.184. The van der Waals surface area contributed by atoms with Gasteiger partial charge < -0.3 is 14.4 Å². The van der Waals surface area contributed by atoms with E-state index in [-0.39, 0.29) is 18.1 Å². The average molecular weight is 332 g/mol. The van der Waals surface area contributed by atoms with Gasteiger partial charge in [-0.2, -0.15) is 0 Å². The van der Waals surface area contributed by atoms with Crippen LogP contribution in [0.3, 0.4) is 0 Å². The highest BCUT2D eigenvalue weighted by atomic mass is 32.1. The molecule has 0 N–H and O–H groups in total. The molecular weight excluding hydrogens is 312 g/mol. The molecule has 1 aromatic carbocycles. The van der Waals surface area contributed by atoms with E-state index in [0.717, 1.165) is 16.5 Å². The predicted octanol–water partition coefficient (Wildman–Crippen LogP) is 3.14. The smallest absolute Gasteiger partial charge is 0.273 e. The highest BCUT2D eigenvalue weighted by molar-refractivity contribution is 7.09. The molecular formula is C17H20N2O3S. The van der Waals surface area contributed by atoms with Crippen molar-refractivity contribution in [2.24, 2.45) is 0 Å². The van der Waals surface area contributed by atoms with Crippen LogP contribution in [0.1, 0.15) is 29.3 Å². The molecule has 23 heavy (non-hydrogen) atoms. The number of hydrogen-bond donors (Lipinski definition) is 0. The number of ether oxygens (including phenoxy) is 2. The average Bonchev–Trinajstić information content (AvgIpc) is 2.98. The third kappa shape index (κ3) is 3.47. The van der Waals surface area contributed by atoms with Crippen LogP contribution in [0.4, 0.5) is 0 Å². The lowest BCUT2D eigenvalue weighted by atomic mass is 10.2. The lowest BCUT2D eigenvalue weighted by molar-refractivity contribution is 0.0389. The number of para-hydroxylation sites is 2. The van der Waals surface area contributed by atoms with E-state index in [4.69, 9.17) is 9.47 Å². The Hall–Kier alpha value is -2.08. The zero-order chi connectivity index (χ0) is 16.4. The maximum atomic E-state index is 12.7. The molecule has 3 rings (SSSR count). The normalized spacial score (nSPS) is 16.4. The molecule has 1 aliphatic rings. The van der Waals surface area contributed by atoms with Crippen molar-refractivity contribution >= 4 is 17.2 Å². The molecule has 1 aromatic heterocycles. The van der Waals surface area contributed by atoms with E-state index >= 15 is 0 Å². The van der Waals surface area contributed by atoms with Gasteiger partial charge in [-0.1, -0.05) is 12.1 Å². The molecule has 0 unspecified atom stereocenters. The predicted molar refractivity (Wildman–Crippen MR) is 89.4 cm³/mol. The van der Waals surface area contributed by atoms with E-state index < -0.39 is 0 Å². The second kappa shape index (κ2) is 6.58. The van der Waals surface area contributed by atoms with Gasteiger partial charge in [0.15, 0.2) is 17.6 Å². The molecule has 0 radical (unpaired) electrons. The first-order chi connectivity index (χ1) is 11.0. The topological polar surface area (TPSA) is 51.7 Å². The van der Waals surface area contributed by atoms with E-state index in [1.54, 1.807) is 10.3 Å². The van der Waals surface area contributed by atoms with Crippen molar-refractivity contribution in [1.82, 2.24) is 9.88 Å². The number of carbonyl (C=O) groups is 1. The second-order valence-electron chi connectivity index (χ2n) is 5.80. The number of nitrogens with zero attached hydrogens (tertiary/aromatic N) is 2. The molecule has 1 amide bonds. The summed E-state index contributed by atoms with van der Waals surface area (Å²) in [5.74, 6) is 1.41. The maximum Gasteiger partial charge on any atom is 0.273 e. The van der Waals surface area contributed by atoms with Gasteiger partial charge in [0.2, 0.25) is 0 Å². The van der Waals surface area contributed by atoms with Gasteiger partial charge >= 0.3 is 0 Å². The molecule has 1 atom stereocenters. The van der Waals surface area contributed by atoms with Crippen molar-refractivity contribution in [3.63, 3.8) is 0 Å². The Kier molecular flexibility index (Phi) is 4.52. The van der Waals surface area contributed by atoms with Crippen molar-refractivity contribution in [3.05, 3.63) is 40.3 Å². The molecule has 6 heteroatoms. The molecule has 0 saturated heterocycles. The first-order valence-electron chi connectivity index (χ1n) is 7.66. The number of thiazole rings is 1. The van der Waals surface area contributed by atoms with Gasteiger partial charge in [-0.3, -0.25) is 4.79 Å². The first kappa shape index (κ1) is 15.8. The number of aromatic nitrogens is 1. The quantitative estimate of drug-likeness (QED) is 0.863. The molecule has 0 spiro atoms. The number of rotatable bonds is 4. The van der Waals surface area contributed by atoms with Crippen LogP contribution >= 0.6 is 11.3 Å². The summed E-state index contributed by atoms with van der Waals surface area (Å²) >= 11 is 1.48. The van der Waals surface area contributed by atoms with Gasteiger partial charge in [0.25, 0.3) is 5.91 Å². The highest BCUT2D eigenvalue weighted by Crippen LogP contribution is 2.31. The van der Waals surface area contributed by atoms with Crippen LogP contribution in [0.25, 0.3) is 0 Å². The Labute approximate surface area is 139 Å². The van der Waals surface area contributed by atoms with Gasteiger partial charge in [0, 0.05) is 11.4 Å². The molecule has 122 valence electrons. The lowest BCUT2D eigenvalue weighted by Gasteiger charge is -2.33. The fraction of sp³-hybridized carbons (Fsp3) is 0.412. The lowest BCUT2D eigenvalue weighted by Crippen LogP contribution is -2.46. The van der Waals surface area contributed by atoms with Crippen LogP contribution in [0.15, 0.2) is 29.6 Å².